The number of aryl methyl sites for hydroxylation is 1. The summed E-state index contributed by atoms with van der Waals surface area (Å²) in [5.74, 6) is -2.34. The van der Waals surface area contributed by atoms with E-state index >= 15 is 0 Å². The number of aromatic amines is 1. The van der Waals surface area contributed by atoms with E-state index in [1.807, 2.05) is 31.2 Å². The largest absolute Gasteiger partial charge is 0.350 e. The number of rotatable bonds is 2. The van der Waals surface area contributed by atoms with Crippen LogP contribution in [0.3, 0.4) is 0 Å². The van der Waals surface area contributed by atoms with Gasteiger partial charge in [-0.05, 0) is 30.7 Å². The van der Waals surface area contributed by atoms with E-state index in [0.29, 0.717) is 5.69 Å². The van der Waals surface area contributed by atoms with Gasteiger partial charge in [-0.15, -0.1) is 0 Å². The molecule has 3 aromatic rings. The normalized spacial score (nSPS) is 10.8. The first-order valence-corrected chi connectivity index (χ1v) is 6.40. The van der Waals surface area contributed by atoms with Crippen molar-refractivity contribution in [3.63, 3.8) is 0 Å². The number of H-pyrrole nitrogens is 1. The lowest BCUT2D eigenvalue weighted by molar-refractivity contribution is 0.102. The molecule has 0 aliphatic heterocycles. The average molecular weight is 286 g/mol. The molecule has 2 N–H and O–H groups in total. The van der Waals surface area contributed by atoms with Crippen LogP contribution in [0.2, 0.25) is 0 Å². The molecule has 2 aromatic carbocycles. The molecule has 3 rings (SSSR count). The van der Waals surface area contributed by atoms with E-state index < -0.39 is 17.5 Å². The Kier molecular flexibility index (Phi) is 3.17. The first-order chi connectivity index (χ1) is 10.1. The van der Waals surface area contributed by atoms with Gasteiger partial charge >= 0.3 is 0 Å². The number of aromatic nitrogens is 1. The van der Waals surface area contributed by atoms with Crippen molar-refractivity contribution in [2.75, 3.05) is 5.32 Å². The second-order valence-electron chi connectivity index (χ2n) is 4.75. The molecule has 1 heterocycles. The first kappa shape index (κ1) is 13.3. The summed E-state index contributed by atoms with van der Waals surface area (Å²) in [4.78, 5) is 15.3. The number of carbonyl (C=O) groups is 1. The van der Waals surface area contributed by atoms with Crippen LogP contribution in [0.25, 0.3) is 10.9 Å². The van der Waals surface area contributed by atoms with Crippen LogP contribution in [0.15, 0.2) is 42.5 Å². The van der Waals surface area contributed by atoms with Crippen molar-refractivity contribution in [3.05, 3.63) is 65.4 Å². The lowest BCUT2D eigenvalue weighted by Gasteiger charge is -2.05. The minimum absolute atomic E-state index is 0.206. The van der Waals surface area contributed by atoms with Gasteiger partial charge in [0.2, 0.25) is 0 Å². The van der Waals surface area contributed by atoms with Crippen LogP contribution in [-0.4, -0.2) is 10.9 Å². The Balaban J connectivity index is 1.93. The van der Waals surface area contributed by atoms with Gasteiger partial charge in [-0.2, -0.15) is 0 Å². The van der Waals surface area contributed by atoms with E-state index in [2.05, 4.69) is 10.3 Å². The van der Waals surface area contributed by atoms with Gasteiger partial charge in [0.05, 0.1) is 0 Å². The molecule has 0 unspecified atom stereocenters. The number of amides is 1. The van der Waals surface area contributed by atoms with Crippen LogP contribution in [-0.2, 0) is 0 Å². The molecular weight excluding hydrogens is 274 g/mol. The number of hydrogen-bond acceptors (Lipinski definition) is 1. The summed E-state index contributed by atoms with van der Waals surface area (Å²) in [6.07, 6.45) is 0. The van der Waals surface area contributed by atoms with Crippen LogP contribution in [0.4, 0.5) is 14.5 Å². The number of halogens is 2. The fourth-order valence-corrected chi connectivity index (χ4v) is 2.28. The quantitative estimate of drug-likeness (QED) is 0.734. The van der Waals surface area contributed by atoms with Crippen molar-refractivity contribution in [3.8, 4) is 0 Å². The fraction of sp³-hybridized carbons (Fsp3) is 0.0625. The molecular formula is C16H12F2N2O. The van der Waals surface area contributed by atoms with E-state index in [9.17, 15) is 13.6 Å². The molecule has 0 atom stereocenters. The van der Waals surface area contributed by atoms with Gasteiger partial charge in [-0.3, -0.25) is 4.79 Å². The molecule has 0 saturated heterocycles. The fourth-order valence-electron chi connectivity index (χ4n) is 2.28. The molecule has 0 radical (unpaired) electrons. The molecule has 0 aliphatic rings. The van der Waals surface area contributed by atoms with E-state index in [-0.39, 0.29) is 5.69 Å². The van der Waals surface area contributed by atoms with E-state index in [0.717, 1.165) is 28.6 Å². The van der Waals surface area contributed by atoms with Crippen molar-refractivity contribution in [1.29, 1.82) is 0 Å². The van der Waals surface area contributed by atoms with Crippen molar-refractivity contribution in [1.82, 2.24) is 4.98 Å². The van der Waals surface area contributed by atoms with Crippen LogP contribution < -0.4 is 5.32 Å². The second kappa shape index (κ2) is 5.01. The van der Waals surface area contributed by atoms with E-state index in [1.165, 1.54) is 6.07 Å². The second-order valence-corrected chi connectivity index (χ2v) is 4.75. The van der Waals surface area contributed by atoms with Crippen molar-refractivity contribution in [2.45, 2.75) is 6.92 Å². The molecule has 0 saturated carbocycles. The van der Waals surface area contributed by atoms with E-state index in [4.69, 9.17) is 0 Å². The third-order valence-corrected chi connectivity index (χ3v) is 3.37. The third-order valence-electron chi connectivity index (χ3n) is 3.37. The number of benzene rings is 2. The number of carbonyl (C=O) groups excluding carboxylic acids is 1. The zero-order valence-electron chi connectivity index (χ0n) is 11.2. The maximum Gasteiger partial charge on any atom is 0.272 e. The summed E-state index contributed by atoms with van der Waals surface area (Å²) in [5.41, 5.74) is 2.27. The summed E-state index contributed by atoms with van der Waals surface area (Å²) in [6.45, 7) is 1.83. The summed E-state index contributed by atoms with van der Waals surface area (Å²) in [7, 11) is 0. The zero-order valence-corrected chi connectivity index (χ0v) is 11.2. The summed E-state index contributed by atoms with van der Waals surface area (Å²) in [5, 5.41) is 3.50. The number of nitrogens with one attached hydrogen (secondary N) is 2. The molecule has 106 valence electrons. The Bertz CT molecular complexity index is 839. The van der Waals surface area contributed by atoms with Gasteiger partial charge in [0.25, 0.3) is 5.91 Å². The standard InChI is InChI=1S/C16H12F2N2O/c1-9-11-4-2-3-5-14(11)20-15(9)16(21)19-10-6-7-12(17)13(18)8-10/h2-8,20H,1H3,(H,19,21). The van der Waals surface area contributed by atoms with E-state index in [1.54, 1.807) is 0 Å². The zero-order chi connectivity index (χ0) is 15.0. The number of anilines is 1. The highest BCUT2D eigenvalue weighted by molar-refractivity contribution is 6.07. The summed E-state index contributed by atoms with van der Waals surface area (Å²) >= 11 is 0. The Morgan fingerprint density at radius 3 is 2.57 bits per heavy atom. The molecule has 1 aromatic heterocycles. The van der Waals surface area contributed by atoms with Gasteiger partial charge in [0, 0.05) is 22.7 Å². The molecule has 0 aliphatic carbocycles. The van der Waals surface area contributed by atoms with Gasteiger partial charge in [-0.1, -0.05) is 18.2 Å². The summed E-state index contributed by atoms with van der Waals surface area (Å²) in [6, 6.07) is 10.8. The van der Waals surface area contributed by atoms with Crippen LogP contribution >= 0.6 is 0 Å². The van der Waals surface area contributed by atoms with Crippen LogP contribution in [0, 0.1) is 18.6 Å². The number of para-hydroxylation sites is 1. The van der Waals surface area contributed by atoms with Gasteiger partial charge in [0.15, 0.2) is 11.6 Å². The molecule has 0 fully saturated rings. The van der Waals surface area contributed by atoms with Crippen LogP contribution in [0.1, 0.15) is 16.1 Å². The lowest BCUT2D eigenvalue weighted by atomic mass is 10.1. The van der Waals surface area contributed by atoms with Gasteiger partial charge in [0.1, 0.15) is 5.69 Å². The lowest BCUT2D eigenvalue weighted by Crippen LogP contribution is -2.13. The monoisotopic (exact) mass is 286 g/mol. The minimum Gasteiger partial charge on any atom is -0.350 e. The highest BCUT2D eigenvalue weighted by Gasteiger charge is 2.15. The maximum atomic E-state index is 13.1. The topological polar surface area (TPSA) is 44.9 Å². The SMILES string of the molecule is Cc1c(C(=O)Nc2ccc(F)c(F)c2)[nH]c2ccccc12. The van der Waals surface area contributed by atoms with Gasteiger partial charge < -0.3 is 10.3 Å². The van der Waals surface area contributed by atoms with Crippen LogP contribution in [0.5, 0.6) is 0 Å². The predicted molar refractivity (Wildman–Crippen MR) is 77.3 cm³/mol. The van der Waals surface area contributed by atoms with Gasteiger partial charge in [-0.25, -0.2) is 8.78 Å². The first-order valence-electron chi connectivity index (χ1n) is 6.40. The average Bonchev–Trinajstić information content (AvgIpc) is 2.81. The van der Waals surface area contributed by atoms with Crippen molar-refractivity contribution < 1.29 is 13.6 Å². The molecule has 21 heavy (non-hydrogen) atoms. The minimum atomic E-state index is -0.999. The van der Waals surface area contributed by atoms with Crippen molar-refractivity contribution in [2.24, 2.45) is 0 Å². The Morgan fingerprint density at radius 1 is 1.10 bits per heavy atom. The molecule has 0 spiro atoms. The smallest absolute Gasteiger partial charge is 0.272 e. The molecule has 1 amide bonds. The number of hydrogen-bond donors (Lipinski definition) is 2. The maximum absolute atomic E-state index is 13.1. The Labute approximate surface area is 119 Å². The third kappa shape index (κ3) is 2.38. The highest BCUT2D eigenvalue weighted by atomic mass is 19.2. The molecule has 0 bridgehead atoms. The predicted octanol–water partition coefficient (Wildman–Crippen LogP) is 4.01. The molecule has 5 heteroatoms. The van der Waals surface area contributed by atoms with Crippen molar-refractivity contribution >= 4 is 22.5 Å². The summed E-state index contributed by atoms with van der Waals surface area (Å²) < 4.78 is 26.0. The highest BCUT2D eigenvalue weighted by Crippen LogP contribution is 2.22. The number of fused-ring (bicyclic) bond motifs is 1. The Morgan fingerprint density at radius 2 is 1.86 bits per heavy atom. The Hall–Kier alpha value is -2.69. The molecule has 3 nitrogen and oxygen atoms in total.